The molecule has 0 amide bonds. The summed E-state index contributed by atoms with van der Waals surface area (Å²) in [6, 6.07) is 0. The molecule has 1 nitrogen and oxygen atoms in total. The van der Waals surface area contributed by atoms with Crippen LogP contribution in [0, 0.1) is 0 Å². The lowest BCUT2D eigenvalue weighted by atomic mass is 10.2. The van der Waals surface area contributed by atoms with Gasteiger partial charge in [0.25, 0.3) is 0 Å². The van der Waals surface area contributed by atoms with Crippen LogP contribution in [0.4, 0.5) is 0 Å². The molecule has 0 unspecified atom stereocenters. The molecule has 104 valence electrons. The van der Waals surface area contributed by atoms with Gasteiger partial charge in [0, 0.05) is 13.7 Å². The van der Waals surface area contributed by atoms with Crippen LogP contribution in [0.15, 0.2) is 0 Å². The maximum Gasteiger partial charge on any atom is 0.177 e. The Balaban J connectivity index is 5.43. The lowest BCUT2D eigenvalue weighted by Gasteiger charge is -2.50. The van der Waals surface area contributed by atoms with Gasteiger partial charge in [-0.25, -0.2) is 0 Å². The Morgan fingerprint density at radius 1 is 0.824 bits per heavy atom. The Hall–Kier alpha value is 0.611. The minimum atomic E-state index is -1.62. The van der Waals surface area contributed by atoms with Gasteiger partial charge >= 0.3 is 0 Å². The quantitative estimate of drug-likeness (QED) is 0.658. The highest BCUT2D eigenvalue weighted by Crippen LogP contribution is 2.40. The van der Waals surface area contributed by atoms with Crippen LogP contribution in [-0.2, 0) is 4.43 Å². The molecule has 0 spiro atoms. The summed E-state index contributed by atoms with van der Waals surface area (Å²) in [5.74, 6) is 0. The third-order valence-electron chi connectivity index (χ3n) is 4.13. The summed E-state index contributed by atoms with van der Waals surface area (Å²) in [5, 5.41) is 0.820. The van der Waals surface area contributed by atoms with Gasteiger partial charge in [-0.2, -0.15) is 0 Å². The average molecular weight is 291 g/mol. The Bertz CT molecular complexity index is 257. The normalized spacial score (nSPS) is 19.9. The predicted octanol–water partition coefficient (Wildman–Crippen LogP) is 5.06. The number of hydrogen-bond acceptors (Lipinski definition) is 1. The third kappa shape index (κ3) is 4.65. The summed E-state index contributed by atoms with van der Waals surface area (Å²) in [6.45, 7) is 26.6. The van der Waals surface area contributed by atoms with Gasteiger partial charge in [-0.1, -0.05) is 46.2 Å². The molecule has 0 aromatic rings. The van der Waals surface area contributed by atoms with Gasteiger partial charge in [0.1, 0.15) is 0 Å². The second-order valence-electron chi connectivity index (χ2n) is 8.66. The Kier molecular flexibility index (Phi) is 5.12. The second kappa shape index (κ2) is 4.95. The van der Waals surface area contributed by atoms with Crippen molar-refractivity contribution in [1.82, 2.24) is 0 Å². The molecule has 0 N–H and O–H groups in total. The van der Waals surface area contributed by atoms with Crippen molar-refractivity contribution in [2.45, 2.75) is 84.3 Å². The Morgan fingerprint density at radius 3 is 1.35 bits per heavy atom. The first-order chi connectivity index (χ1) is 7.11. The van der Waals surface area contributed by atoms with Crippen LogP contribution in [0.3, 0.4) is 0 Å². The zero-order chi connectivity index (χ0) is 14.3. The van der Waals surface area contributed by atoms with E-state index in [0.29, 0.717) is 0 Å². The fraction of sp³-hybridized carbons (Fsp3) is 1.00. The molecule has 17 heavy (non-hydrogen) atoms. The molecule has 0 aliphatic rings. The molecule has 2 atom stereocenters. The van der Waals surface area contributed by atoms with Crippen LogP contribution in [0.2, 0.25) is 51.0 Å². The molecule has 0 bridgehead atoms. The molecule has 0 saturated heterocycles. The summed E-state index contributed by atoms with van der Waals surface area (Å²) in [4.78, 5) is 0. The summed E-state index contributed by atoms with van der Waals surface area (Å²) in [7, 11) is -4.00. The monoisotopic (exact) mass is 290 g/mol. The minimum Gasteiger partial charge on any atom is -0.415 e. The molecule has 0 rings (SSSR count). The van der Waals surface area contributed by atoms with E-state index >= 15 is 0 Å². The van der Waals surface area contributed by atoms with Gasteiger partial charge in [0.05, 0.1) is 7.59 Å². The van der Waals surface area contributed by atoms with Crippen LogP contribution in [0.25, 0.3) is 0 Å². The van der Waals surface area contributed by atoms with Crippen molar-refractivity contribution < 1.29 is 4.43 Å². The summed E-state index contributed by atoms with van der Waals surface area (Å²) in [5.41, 5.74) is 0.00909. The molecular weight excluding hydrogens is 256 g/mol. The van der Waals surface area contributed by atoms with E-state index in [9.17, 15) is 0 Å². The molecule has 0 fully saturated rings. The molecule has 0 aromatic carbocycles. The van der Waals surface area contributed by atoms with E-state index in [-0.39, 0.29) is 5.60 Å². The minimum absolute atomic E-state index is 0.00909. The van der Waals surface area contributed by atoms with E-state index in [1.807, 2.05) is 0 Å². The van der Waals surface area contributed by atoms with E-state index < -0.39 is 23.5 Å². The molecule has 0 aliphatic heterocycles. The standard InChI is InChI=1S/C13H34OSi3/c1-12(15(5,6)7)17(11,16(8,9)10)14-13(2,3)4/h12H,1-11H3/t12-,17+/m0/s1. The summed E-state index contributed by atoms with van der Waals surface area (Å²) >= 11 is 0. The zero-order valence-corrected chi connectivity index (χ0v) is 17.0. The fourth-order valence-corrected chi connectivity index (χ4v) is 25.7. The number of hydrogen-bond donors (Lipinski definition) is 0. The van der Waals surface area contributed by atoms with E-state index in [1.165, 1.54) is 0 Å². The van der Waals surface area contributed by atoms with Gasteiger partial charge in [-0.3, -0.25) is 0 Å². The SMILES string of the molecule is C[C@@H]([Si](C)(C)C)[Si@](C)(OC(C)(C)C)[Si](C)(C)C. The van der Waals surface area contributed by atoms with Crippen molar-refractivity contribution in [2.24, 2.45) is 0 Å². The maximum absolute atomic E-state index is 6.71. The predicted molar refractivity (Wildman–Crippen MR) is 88.6 cm³/mol. The maximum atomic E-state index is 6.71. The van der Waals surface area contributed by atoms with Crippen molar-refractivity contribution in [1.29, 1.82) is 0 Å². The second-order valence-corrected chi connectivity index (χ2v) is 30.1. The topological polar surface area (TPSA) is 9.23 Å². The van der Waals surface area contributed by atoms with E-state index in [0.717, 1.165) is 5.16 Å². The largest absolute Gasteiger partial charge is 0.415 e. The van der Waals surface area contributed by atoms with Crippen molar-refractivity contribution in [2.75, 3.05) is 0 Å². The average Bonchev–Trinajstić information content (AvgIpc) is 1.95. The van der Waals surface area contributed by atoms with Crippen LogP contribution >= 0.6 is 0 Å². The van der Waals surface area contributed by atoms with Crippen LogP contribution in [0.1, 0.15) is 27.7 Å². The van der Waals surface area contributed by atoms with Crippen LogP contribution in [-0.4, -0.2) is 29.1 Å². The fourth-order valence-electron chi connectivity index (χ4n) is 2.35. The Labute approximate surface area is 112 Å². The molecule has 4 heteroatoms. The lowest BCUT2D eigenvalue weighted by molar-refractivity contribution is 0.123. The zero-order valence-electron chi connectivity index (χ0n) is 14.0. The highest BCUT2D eigenvalue weighted by atomic mass is 29.3. The Morgan fingerprint density at radius 2 is 1.18 bits per heavy atom. The highest BCUT2D eigenvalue weighted by molar-refractivity contribution is 7.41. The van der Waals surface area contributed by atoms with Crippen molar-refractivity contribution in [3.8, 4) is 0 Å². The highest BCUT2D eigenvalue weighted by Gasteiger charge is 2.53. The van der Waals surface area contributed by atoms with E-state index in [1.54, 1.807) is 0 Å². The van der Waals surface area contributed by atoms with Gasteiger partial charge in [0.2, 0.25) is 0 Å². The van der Waals surface area contributed by atoms with Gasteiger partial charge < -0.3 is 4.43 Å². The molecular formula is C13H34OSi3. The van der Waals surface area contributed by atoms with Gasteiger partial charge in [0.15, 0.2) is 7.83 Å². The third-order valence-corrected chi connectivity index (χ3v) is 28.1. The molecule has 0 radical (unpaired) electrons. The smallest absolute Gasteiger partial charge is 0.177 e. The molecule has 0 aromatic heterocycles. The number of rotatable bonds is 4. The van der Waals surface area contributed by atoms with Crippen molar-refractivity contribution in [3.05, 3.63) is 0 Å². The molecule has 0 saturated carbocycles. The van der Waals surface area contributed by atoms with Gasteiger partial charge in [-0.05, 0) is 32.5 Å². The lowest BCUT2D eigenvalue weighted by Crippen LogP contribution is -2.66. The van der Waals surface area contributed by atoms with E-state index in [2.05, 4.69) is 73.5 Å². The van der Waals surface area contributed by atoms with Crippen LogP contribution in [0.5, 0.6) is 0 Å². The first-order valence-electron chi connectivity index (χ1n) is 6.81. The van der Waals surface area contributed by atoms with Gasteiger partial charge in [-0.15, -0.1) is 0 Å². The first-order valence-corrected chi connectivity index (χ1v) is 17.4. The summed E-state index contributed by atoms with van der Waals surface area (Å²) < 4.78 is 6.71. The summed E-state index contributed by atoms with van der Waals surface area (Å²) in [6.07, 6.45) is 0. The first kappa shape index (κ1) is 17.6. The van der Waals surface area contributed by atoms with E-state index in [4.69, 9.17) is 4.43 Å². The van der Waals surface area contributed by atoms with Crippen molar-refractivity contribution in [3.63, 3.8) is 0 Å². The van der Waals surface area contributed by atoms with Crippen molar-refractivity contribution >= 4 is 23.5 Å². The van der Waals surface area contributed by atoms with Crippen LogP contribution < -0.4 is 0 Å². The molecule has 0 aliphatic carbocycles. The molecule has 0 heterocycles.